The molecule has 0 spiro atoms. The van der Waals surface area contributed by atoms with Crippen LogP contribution in [0.5, 0.6) is 34.5 Å². The number of hydrogen-bond acceptors (Lipinski definition) is 6. The molecule has 6 aromatic rings. The molecule has 0 aliphatic heterocycles. The molecule has 1 aliphatic carbocycles. The van der Waals surface area contributed by atoms with Crippen molar-refractivity contribution in [1.29, 1.82) is 0 Å². The first kappa shape index (κ1) is 83.6. The molecular weight excluding hydrogens is 1260 g/mol. The van der Waals surface area contributed by atoms with E-state index in [-0.39, 0.29) is 74.4 Å². The molecule has 0 unspecified atom stereocenters. The van der Waals surface area contributed by atoms with E-state index in [1.807, 2.05) is 42.7 Å². The summed E-state index contributed by atoms with van der Waals surface area (Å²) in [6.45, 7) is 5.01. The van der Waals surface area contributed by atoms with Gasteiger partial charge in [0.05, 0.1) is 170 Å². The molecule has 1 aliphatic rings. The van der Waals surface area contributed by atoms with E-state index in [4.69, 9.17) is 28.4 Å². The summed E-state index contributed by atoms with van der Waals surface area (Å²) in [5.74, 6) is 5.32. The zero-order chi connectivity index (χ0) is 62.1. The number of hydrogen-bond donors (Lipinski definition) is 0. The number of methoxy groups -OCH3 is 6. The van der Waals surface area contributed by atoms with Gasteiger partial charge in [0.15, 0.2) is 0 Å². The summed E-state index contributed by atoms with van der Waals surface area (Å²) >= 11 is 0. The molecule has 7 rings (SSSR count). The van der Waals surface area contributed by atoms with Gasteiger partial charge in [0, 0.05) is 71.9 Å². The highest BCUT2D eigenvalue weighted by Crippen LogP contribution is 2.43. The summed E-state index contributed by atoms with van der Waals surface area (Å²) in [6.07, 6.45) is 3.63. The van der Waals surface area contributed by atoms with Crippen LogP contribution in [0.4, 0.5) is 0 Å². The van der Waals surface area contributed by atoms with Gasteiger partial charge in [-0.2, -0.15) is 0 Å². The van der Waals surface area contributed by atoms with Crippen LogP contribution in [0.3, 0.4) is 0 Å². The molecule has 0 saturated heterocycles. The Morgan fingerprint density at radius 1 is 0.200 bits per heavy atom. The van der Waals surface area contributed by atoms with Crippen molar-refractivity contribution in [1.82, 2.24) is 0 Å². The smallest absolute Gasteiger partial charge is 0.125 e. The van der Waals surface area contributed by atoms with E-state index in [0.29, 0.717) is 38.5 Å². The average molecular weight is 1370 g/mol. The van der Waals surface area contributed by atoms with Crippen molar-refractivity contribution in [3.63, 3.8) is 0 Å². The van der Waals surface area contributed by atoms with Gasteiger partial charge in [0.25, 0.3) is 0 Å². The molecular formula is C72H108Cl6N6O6. The van der Waals surface area contributed by atoms with Crippen LogP contribution in [0.2, 0.25) is 0 Å². The van der Waals surface area contributed by atoms with Crippen LogP contribution >= 0.6 is 0 Å². The first-order chi connectivity index (χ1) is 39.0. The summed E-state index contributed by atoms with van der Waals surface area (Å²) in [6, 6.07) is 28.5. The van der Waals surface area contributed by atoms with E-state index >= 15 is 0 Å². The van der Waals surface area contributed by atoms with Crippen molar-refractivity contribution < 1.29 is 130 Å². The van der Waals surface area contributed by atoms with E-state index in [2.05, 4.69) is 200 Å². The van der Waals surface area contributed by atoms with Crippen LogP contribution in [0, 0.1) is 0 Å². The molecule has 0 atom stereocenters. The van der Waals surface area contributed by atoms with Gasteiger partial charge in [-0.3, -0.25) is 0 Å². The lowest BCUT2D eigenvalue weighted by atomic mass is 9.88. The Bertz CT molecular complexity index is 2640. The molecule has 0 radical (unpaired) electrons. The molecule has 0 heterocycles. The standard InChI is InChI=1S/C72H108N6O6.6ClH/c1-73(2,3)43-49-25-55-37-57-27-50(44-74(4,5)6)29-59(68(57)80-20)39-61-31-52(46-76(10,11)12)33-63(70(61)82-22)41-65-35-54(48-78(16,17)18)36-66(72(65)84-24)42-64-34-53(47-77(13,14)15)32-62(71(64)83-23)40-60-30-51(45-75(7,8)9)28-58(69(60)81-21)38-56(26-49)67(55)79-19;;;;;;/h25-36H,37-48H2,1-24H3;6*1H/q+6;;;;;;/p-6. The Morgan fingerprint density at radius 2 is 0.289 bits per heavy atom. The fraction of sp³-hybridized carbons (Fsp3) is 0.500. The molecule has 0 N–H and O–H groups in total. The van der Waals surface area contributed by atoms with E-state index in [9.17, 15) is 0 Å². The predicted molar refractivity (Wildman–Crippen MR) is 345 cm³/mol. The summed E-state index contributed by atoms with van der Waals surface area (Å²) in [7, 11) is 51.8. The first-order valence-electron chi connectivity index (χ1n) is 29.9. The number of halogens is 6. The highest BCUT2D eigenvalue weighted by atomic mass is 35.5. The zero-order valence-electron chi connectivity index (χ0n) is 58.8. The van der Waals surface area contributed by atoms with E-state index in [1.54, 1.807) is 0 Å². The van der Waals surface area contributed by atoms with Crippen molar-refractivity contribution >= 4 is 0 Å². The maximum Gasteiger partial charge on any atom is 0.125 e. The highest BCUT2D eigenvalue weighted by Gasteiger charge is 2.28. The maximum absolute atomic E-state index is 6.69. The van der Waals surface area contributed by atoms with E-state index < -0.39 is 0 Å². The number of ether oxygens (including phenoxy) is 6. The fourth-order valence-corrected chi connectivity index (χ4v) is 13.2. The summed E-state index contributed by atoms with van der Waals surface area (Å²) < 4.78 is 44.7. The molecule has 18 heteroatoms. The van der Waals surface area contributed by atoms with Gasteiger partial charge in [0.2, 0.25) is 0 Å². The van der Waals surface area contributed by atoms with Gasteiger partial charge in [-0.25, -0.2) is 0 Å². The van der Waals surface area contributed by atoms with Crippen molar-refractivity contribution in [3.8, 4) is 34.5 Å². The van der Waals surface area contributed by atoms with E-state index in [0.717, 1.165) is 167 Å². The van der Waals surface area contributed by atoms with Crippen LogP contribution in [-0.4, -0.2) is 196 Å². The molecule has 6 aromatic carbocycles. The predicted octanol–water partition coefficient (Wildman–Crippen LogP) is -7.14. The van der Waals surface area contributed by atoms with Crippen molar-refractivity contribution in [3.05, 3.63) is 173 Å². The van der Waals surface area contributed by atoms with Gasteiger partial charge in [-0.1, -0.05) is 0 Å². The van der Waals surface area contributed by atoms with Crippen molar-refractivity contribution in [2.24, 2.45) is 0 Å². The second-order valence-electron chi connectivity index (χ2n) is 30.4. The number of nitrogens with zero attached hydrogens (tertiary/aromatic N) is 6. The van der Waals surface area contributed by atoms with Gasteiger partial charge in [-0.15, -0.1) is 0 Å². The lowest BCUT2D eigenvalue weighted by molar-refractivity contribution is -0.884. The molecule has 12 nitrogen and oxygen atoms in total. The van der Waals surface area contributed by atoms with Crippen LogP contribution in [0.15, 0.2) is 72.8 Å². The molecule has 504 valence electrons. The van der Waals surface area contributed by atoms with Gasteiger partial charge >= 0.3 is 0 Å². The quantitative estimate of drug-likeness (QED) is 0.0799. The Hall–Kier alpha value is -4.38. The monoisotopic (exact) mass is 1360 g/mol. The SMILES string of the molecule is COc1c2cc(C[N+](C)(C)C)cc1Cc1cc(C[N+](C)(C)C)cc(c1OC)Cc1cc(C[N+](C)(C)C)cc(c1OC)Cc1cc(C[N+](C)(C)C)cc(c1OC)Cc1cc(C[N+](C)(C)C)cc(c1OC)Cc1cc(C[N+](C)(C)C)cc(c1OC)C2.[Cl-].[Cl-].[Cl-].[Cl-].[Cl-].[Cl-]. The highest BCUT2D eigenvalue weighted by molar-refractivity contribution is 5.60. The largest absolute Gasteiger partial charge is 1.00 e. The molecule has 0 amide bonds. The Morgan fingerprint density at radius 3 is 0.356 bits per heavy atom. The van der Waals surface area contributed by atoms with Gasteiger partial charge < -0.3 is 130 Å². The Labute approximate surface area is 580 Å². The maximum atomic E-state index is 6.69. The number of rotatable bonds is 18. The summed E-state index contributed by atoms with van der Waals surface area (Å²) in [4.78, 5) is 0. The third-order valence-corrected chi connectivity index (χ3v) is 15.3. The summed E-state index contributed by atoms with van der Waals surface area (Å²) in [5, 5.41) is 0. The molecule has 90 heavy (non-hydrogen) atoms. The lowest BCUT2D eigenvalue weighted by Crippen LogP contribution is -3.00. The Balaban J connectivity index is 0.00000675. The van der Waals surface area contributed by atoms with Crippen LogP contribution in [-0.2, 0) is 77.8 Å². The number of fused-ring (bicyclic) bond motifs is 12. The van der Waals surface area contributed by atoms with Crippen LogP contribution in [0.25, 0.3) is 0 Å². The lowest BCUT2D eigenvalue weighted by Gasteiger charge is -2.28. The second-order valence-corrected chi connectivity index (χ2v) is 30.4. The molecule has 0 aromatic heterocycles. The third-order valence-electron chi connectivity index (χ3n) is 15.3. The van der Waals surface area contributed by atoms with Crippen molar-refractivity contribution in [2.45, 2.75) is 77.8 Å². The van der Waals surface area contributed by atoms with Crippen molar-refractivity contribution in [2.75, 3.05) is 170 Å². The zero-order valence-corrected chi connectivity index (χ0v) is 63.3. The first-order valence-corrected chi connectivity index (χ1v) is 29.9. The molecule has 12 bridgehead atoms. The topological polar surface area (TPSA) is 55.4 Å². The van der Waals surface area contributed by atoms with Gasteiger partial charge in [0.1, 0.15) is 73.8 Å². The molecule has 0 fully saturated rings. The normalized spacial score (nSPS) is 12.8. The minimum Gasteiger partial charge on any atom is -1.00 e. The van der Waals surface area contributed by atoms with Crippen LogP contribution < -0.4 is 103 Å². The number of quaternary nitrogens is 6. The third kappa shape index (κ3) is 23.0. The molecule has 0 saturated carbocycles. The van der Waals surface area contributed by atoms with Gasteiger partial charge in [-0.05, 0) is 140 Å². The Kier molecular flexibility index (Phi) is 30.8. The fourth-order valence-electron chi connectivity index (χ4n) is 13.2. The minimum absolute atomic E-state index is 0. The van der Waals surface area contributed by atoms with Crippen LogP contribution in [0.1, 0.15) is 100 Å². The summed E-state index contributed by atoms with van der Waals surface area (Å²) in [5.41, 5.74) is 21.0. The number of benzene rings is 6. The van der Waals surface area contributed by atoms with E-state index in [1.165, 1.54) is 33.4 Å². The minimum atomic E-state index is 0. The average Bonchev–Trinajstić information content (AvgIpc) is 1.14. The second kappa shape index (κ2) is 33.1.